The van der Waals surface area contributed by atoms with E-state index in [1.54, 1.807) is 25.1 Å². The molecule has 2 N–H and O–H groups in total. The van der Waals surface area contributed by atoms with Gasteiger partial charge in [0.15, 0.2) is 0 Å². The first kappa shape index (κ1) is 17.4. The highest BCUT2D eigenvalue weighted by molar-refractivity contribution is 9.10. The Morgan fingerprint density at radius 3 is 2.83 bits per heavy atom. The molecular formula is C15H18BrN3O4. The van der Waals surface area contributed by atoms with Crippen LogP contribution in [-0.4, -0.2) is 49.6 Å². The molecule has 0 unspecified atom stereocenters. The van der Waals surface area contributed by atoms with Gasteiger partial charge in [0.05, 0.1) is 6.61 Å². The topological polar surface area (TPSA) is 87.7 Å². The van der Waals surface area contributed by atoms with Gasteiger partial charge in [0.25, 0.3) is 5.91 Å². The summed E-state index contributed by atoms with van der Waals surface area (Å²) in [5.41, 5.74) is -0.541. The minimum atomic E-state index is -1.19. The summed E-state index contributed by atoms with van der Waals surface area (Å²) >= 11 is 3.35. The summed E-state index contributed by atoms with van der Waals surface area (Å²) in [7, 11) is 1.52. The van der Waals surface area contributed by atoms with Crippen molar-refractivity contribution < 1.29 is 19.1 Å². The van der Waals surface area contributed by atoms with Gasteiger partial charge in [0, 0.05) is 18.1 Å². The van der Waals surface area contributed by atoms with Crippen molar-refractivity contribution in [2.45, 2.75) is 12.5 Å². The maximum absolute atomic E-state index is 12.6. The third-order valence-electron chi connectivity index (χ3n) is 3.61. The largest absolute Gasteiger partial charge is 0.383 e. The Balaban J connectivity index is 2.12. The van der Waals surface area contributed by atoms with E-state index in [2.05, 4.69) is 26.6 Å². The van der Waals surface area contributed by atoms with E-state index in [0.29, 0.717) is 18.7 Å². The van der Waals surface area contributed by atoms with Crippen LogP contribution in [-0.2, 0) is 19.9 Å². The molecule has 1 saturated heterocycles. The smallest absolute Gasteiger partial charge is 0.325 e. The molecular weight excluding hydrogens is 366 g/mol. The van der Waals surface area contributed by atoms with Gasteiger partial charge in [-0.1, -0.05) is 28.1 Å². The highest BCUT2D eigenvalue weighted by Gasteiger charge is 2.49. The number of nitrogens with one attached hydrogen (secondary N) is 2. The Kier molecular flexibility index (Phi) is 5.38. The summed E-state index contributed by atoms with van der Waals surface area (Å²) < 4.78 is 5.63. The number of urea groups is 1. The molecule has 0 radical (unpaired) electrons. The summed E-state index contributed by atoms with van der Waals surface area (Å²) in [5, 5.41) is 5.24. The summed E-state index contributed by atoms with van der Waals surface area (Å²) in [6.45, 7) is 1.99. The van der Waals surface area contributed by atoms with Crippen molar-refractivity contribution in [2.75, 3.05) is 26.8 Å². The van der Waals surface area contributed by atoms with Crippen molar-refractivity contribution in [1.29, 1.82) is 0 Å². The number of carbonyl (C=O) groups excluding carboxylic acids is 3. The zero-order valence-corrected chi connectivity index (χ0v) is 14.5. The van der Waals surface area contributed by atoms with E-state index in [9.17, 15) is 14.4 Å². The Hall–Kier alpha value is -1.93. The number of methoxy groups -OCH3 is 1. The van der Waals surface area contributed by atoms with Gasteiger partial charge in [-0.15, -0.1) is 0 Å². The molecule has 0 bridgehead atoms. The maximum atomic E-state index is 12.6. The molecule has 0 aromatic heterocycles. The molecule has 124 valence electrons. The monoisotopic (exact) mass is 383 g/mol. The summed E-state index contributed by atoms with van der Waals surface area (Å²) in [6.07, 6.45) is 0. The summed E-state index contributed by atoms with van der Waals surface area (Å²) in [4.78, 5) is 37.5. The van der Waals surface area contributed by atoms with Gasteiger partial charge >= 0.3 is 6.03 Å². The molecule has 23 heavy (non-hydrogen) atoms. The molecule has 0 saturated carbocycles. The molecule has 1 aromatic carbocycles. The van der Waals surface area contributed by atoms with Crippen LogP contribution in [0.2, 0.25) is 0 Å². The van der Waals surface area contributed by atoms with Crippen LogP contribution in [0, 0.1) is 0 Å². The molecule has 1 atom stereocenters. The van der Waals surface area contributed by atoms with Crippen molar-refractivity contribution in [1.82, 2.24) is 15.5 Å². The molecule has 1 heterocycles. The number of hydrogen-bond donors (Lipinski definition) is 2. The first-order valence-corrected chi connectivity index (χ1v) is 7.83. The lowest BCUT2D eigenvalue weighted by Gasteiger charge is -2.22. The molecule has 4 amide bonds. The van der Waals surface area contributed by atoms with Crippen LogP contribution in [0.5, 0.6) is 0 Å². The average Bonchev–Trinajstić information content (AvgIpc) is 2.72. The van der Waals surface area contributed by atoms with Crippen molar-refractivity contribution >= 4 is 33.8 Å². The van der Waals surface area contributed by atoms with E-state index >= 15 is 0 Å². The van der Waals surface area contributed by atoms with E-state index in [-0.39, 0.29) is 6.54 Å². The van der Waals surface area contributed by atoms with Gasteiger partial charge in [-0.3, -0.25) is 14.5 Å². The van der Waals surface area contributed by atoms with E-state index in [1.165, 1.54) is 7.11 Å². The fraction of sp³-hybridized carbons (Fsp3) is 0.400. The third kappa shape index (κ3) is 3.70. The first-order chi connectivity index (χ1) is 10.9. The predicted octanol–water partition coefficient (Wildman–Crippen LogP) is 0.979. The van der Waals surface area contributed by atoms with Crippen LogP contribution in [0.25, 0.3) is 0 Å². The first-order valence-electron chi connectivity index (χ1n) is 7.04. The van der Waals surface area contributed by atoms with Crippen LogP contribution in [0.1, 0.15) is 12.5 Å². The van der Waals surface area contributed by atoms with E-state index < -0.39 is 23.4 Å². The van der Waals surface area contributed by atoms with Crippen molar-refractivity contribution in [3.05, 3.63) is 34.3 Å². The van der Waals surface area contributed by atoms with E-state index in [0.717, 1.165) is 9.37 Å². The molecule has 2 rings (SSSR count). The fourth-order valence-electron chi connectivity index (χ4n) is 2.33. The number of amides is 4. The highest BCUT2D eigenvalue weighted by Crippen LogP contribution is 2.30. The van der Waals surface area contributed by atoms with Gasteiger partial charge in [0.1, 0.15) is 12.1 Å². The van der Waals surface area contributed by atoms with E-state index in [4.69, 9.17) is 4.74 Å². The van der Waals surface area contributed by atoms with Gasteiger partial charge in [-0.05, 0) is 24.6 Å². The van der Waals surface area contributed by atoms with Crippen molar-refractivity contribution in [2.24, 2.45) is 0 Å². The molecule has 8 heteroatoms. The number of carbonyl (C=O) groups is 3. The molecule has 0 spiro atoms. The molecule has 0 aliphatic carbocycles. The van der Waals surface area contributed by atoms with Gasteiger partial charge in [-0.2, -0.15) is 0 Å². The van der Waals surface area contributed by atoms with E-state index in [1.807, 2.05) is 6.07 Å². The second kappa shape index (κ2) is 7.10. The predicted molar refractivity (Wildman–Crippen MR) is 86.6 cm³/mol. The zero-order valence-electron chi connectivity index (χ0n) is 12.9. The lowest BCUT2D eigenvalue weighted by molar-refractivity contribution is -0.134. The fourth-order valence-corrected chi connectivity index (χ4v) is 2.73. The summed E-state index contributed by atoms with van der Waals surface area (Å²) in [6, 6.07) is 6.55. The lowest BCUT2D eigenvalue weighted by Crippen LogP contribution is -2.43. The van der Waals surface area contributed by atoms with Crippen molar-refractivity contribution in [3.63, 3.8) is 0 Å². The zero-order chi connectivity index (χ0) is 17.0. The SMILES string of the molecule is COCCNC(=O)CN1C(=O)N[C@@](C)(c2cccc(Br)c2)C1=O. The van der Waals surface area contributed by atoms with Crippen molar-refractivity contribution in [3.8, 4) is 0 Å². The number of hydrogen-bond acceptors (Lipinski definition) is 4. The minimum Gasteiger partial charge on any atom is -0.383 e. The number of benzene rings is 1. The Morgan fingerprint density at radius 2 is 2.17 bits per heavy atom. The quantitative estimate of drug-likeness (QED) is 0.566. The normalized spacial score (nSPS) is 20.6. The number of nitrogens with zero attached hydrogens (tertiary/aromatic N) is 1. The molecule has 1 aliphatic rings. The standard InChI is InChI=1S/C15H18BrN3O4/c1-15(10-4-3-5-11(16)8-10)13(21)19(14(22)18-15)9-12(20)17-6-7-23-2/h3-5,8H,6-7,9H2,1-2H3,(H,17,20)(H,18,22)/t15-/m0/s1. The number of imide groups is 1. The second-order valence-electron chi connectivity index (χ2n) is 5.30. The third-order valence-corrected chi connectivity index (χ3v) is 4.10. The van der Waals surface area contributed by atoms with Crippen LogP contribution >= 0.6 is 15.9 Å². The van der Waals surface area contributed by atoms with Crippen LogP contribution < -0.4 is 10.6 Å². The summed E-state index contributed by atoms with van der Waals surface area (Å²) in [5.74, 6) is -0.869. The molecule has 7 nitrogen and oxygen atoms in total. The maximum Gasteiger partial charge on any atom is 0.325 e. The number of halogens is 1. The highest BCUT2D eigenvalue weighted by atomic mass is 79.9. The van der Waals surface area contributed by atoms with Gasteiger partial charge < -0.3 is 15.4 Å². The Morgan fingerprint density at radius 1 is 1.43 bits per heavy atom. The number of ether oxygens (including phenoxy) is 1. The number of rotatable bonds is 6. The van der Waals surface area contributed by atoms with Crippen LogP contribution in [0.4, 0.5) is 4.79 Å². The molecule has 1 aromatic rings. The van der Waals surface area contributed by atoms with Crippen LogP contribution in [0.3, 0.4) is 0 Å². The van der Waals surface area contributed by atoms with Gasteiger partial charge in [-0.25, -0.2) is 4.79 Å². The molecule has 1 aliphatic heterocycles. The van der Waals surface area contributed by atoms with Gasteiger partial charge in [0.2, 0.25) is 5.91 Å². The minimum absolute atomic E-state index is 0.321. The Labute approximate surface area is 142 Å². The molecule has 1 fully saturated rings. The Bertz CT molecular complexity index is 637. The lowest BCUT2D eigenvalue weighted by atomic mass is 9.92. The second-order valence-corrected chi connectivity index (χ2v) is 6.22. The average molecular weight is 384 g/mol. The van der Waals surface area contributed by atoms with Crippen LogP contribution in [0.15, 0.2) is 28.7 Å².